The fourth-order valence-corrected chi connectivity index (χ4v) is 3.41. The van der Waals surface area contributed by atoms with Crippen LogP contribution in [-0.2, 0) is 22.7 Å². The molecule has 8 heteroatoms. The highest BCUT2D eigenvalue weighted by molar-refractivity contribution is 6.30. The third-order valence-corrected chi connectivity index (χ3v) is 5.18. The first-order chi connectivity index (χ1) is 16.4. The number of imide groups is 2. The number of hydrogen-bond donors (Lipinski definition) is 1. The van der Waals surface area contributed by atoms with Gasteiger partial charge in [-0.1, -0.05) is 48.5 Å². The third-order valence-electron chi connectivity index (χ3n) is 5.18. The minimum Gasteiger partial charge on any atom is -0.493 e. The maximum Gasteiger partial charge on any atom is 0.331 e. The van der Waals surface area contributed by atoms with Crippen molar-refractivity contribution in [3.63, 3.8) is 0 Å². The maximum absolute atomic E-state index is 13.1. The number of benzene rings is 3. The van der Waals surface area contributed by atoms with Crippen LogP contribution in [0.2, 0.25) is 0 Å². The van der Waals surface area contributed by atoms with Gasteiger partial charge in [0.25, 0.3) is 11.8 Å². The Hall–Kier alpha value is -4.46. The van der Waals surface area contributed by atoms with E-state index in [2.05, 4.69) is 5.32 Å². The summed E-state index contributed by atoms with van der Waals surface area (Å²) < 4.78 is 24.2. The number of carbonyl (C=O) groups is 3. The minimum atomic E-state index is -0.769. The molecule has 0 spiro atoms. The van der Waals surface area contributed by atoms with E-state index in [9.17, 15) is 18.8 Å². The van der Waals surface area contributed by atoms with Gasteiger partial charge in [0.05, 0.1) is 13.7 Å². The van der Waals surface area contributed by atoms with Gasteiger partial charge in [0.2, 0.25) is 0 Å². The number of halogens is 1. The van der Waals surface area contributed by atoms with Gasteiger partial charge in [-0.3, -0.25) is 19.8 Å². The smallest absolute Gasteiger partial charge is 0.331 e. The molecule has 1 aliphatic heterocycles. The lowest BCUT2D eigenvalue weighted by Crippen LogP contribution is -2.53. The van der Waals surface area contributed by atoms with Crippen molar-refractivity contribution in [2.45, 2.75) is 13.2 Å². The van der Waals surface area contributed by atoms with Crippen LogP contribution in [0.15, 0.2) is 78.4 Å². The zero-order valence-corrected chi connectivity index (χ0v) is 18.3. The van der Waals surface area contributed by atoms with E-state index in [1.807, 2.05) is 6.07 Å². The van der Waals surface area contributed by atoms with E-state index in [4.69, 9.17) is 9.47 Å². The predicted octanol–water partition coefficient (Wildman–Crippen LogP) is 4.08. The lowest BCUT2D eigenvalue weighted by molar-refractivity contribution is -0.130. The van der Waals surface area contributed by atoms with Crippen LogP contribution in [0.25, 0.3) is 6.08 Å². The Morgan fingerprint density at radius 2 is 1.65 bits per heavy atom. The normalized spacial score (nSPS) is 14.8. The van der Waals surface area contributed by atoms with Crippen LogP contribution in [0, 0.1) is 5.82 Å². The van der Waals surface area contributed by atoms with Crippen molar-refractivity contribution in [1.82, 2.24) is 10.2 Å². The summed E-state index contributed by atoms with van der Waals surface area (Å²) in [5.41, 5.74) is 1.88. The first-order valence-corrected chi connectivity index (χ1v) is 10.4. The molecule has 3 aromatic carbocycles. The molecule has 0 atom stereocenters. The first kappa shape index (κ1) is 22.7. The summed E-state index contributed by atoms with van der Waals surface area (Å²) in [5, 5.41) is 2.21. The van der Waals surface area contributed by atoms with Crippen LogP contribution in [0.3, 0.4) is 0 Å². The SMILES string of the molecule is COc1cc(/C=C2\C(=O)NC(=O)N(Cc3ccccc3)C2=O)ccc1OCc1ccc(F)cc1. The van der Waals surface area contributed by atoms with Crippen LogP contribution < -0.4 is 14.8 Å². The number of nitrogens with one attached hydrogen (secondary N) is 1. The summed E-state index contributed by atoms with van der Waals surface area (Å²) in [6.07, 6.45) is 1.40. The molecule has 172 valence electrons. The first-order valence-electron chi connectivity index (χ1n) is 10.4. The Kier molecular flexibility index (Phi) is 6.68. The van der Waals surface area contributed by atoms with Crippen molar-refractivity contribution in [2.24, 2.45) is 0 Å². The highest BCUT2D eigenvalue weighted by atomic mass is 19.1. The monoisotopic (exact) mass is 460 g/mol. The number of methoxy groups -OCH3 is 1. The van der Waals surface area contributed by atoms with Gasteiger partial charge in [0, 0.05) is 0 Å². The van der Waals surface area contributed by atoms with Crippen LogP contribution in [-0.4, -0.2) is 29.9 Å². The Labute approximate surface area is 195 Å². The summed E-state index contributed by atoms with van der Waals surface area (Å²) in [4.78, 5) is 38.6. The standard InChI is InChI=1S/C26H21FN2O5/c1-33-23-14-19(9-12-22(23)34-16-18-7-10-20(27)11-8-18)13-21-24(30)28-26(32)29(25(21)31)15-17-5-3-2-4-6-17/h2-14H,15-16H2,1H3,(H,28,30,32)/b21-13+. The van der Waals surface area contributed by atoms with Crippen molar-refractivity contribution in [3.05, 3.63) is 101 Å². The second kappa shape index (κ2) is 9.99. The number of ether oxygens (including phenoxy) is 2. The lowest BCUT2D eigenvalue weighted by atomic mass is 10.1. The predicted molar refractivity (Wildman–Crippen MR) is 122 cm³/mol. The molecule has 3 aromatic rings. The van der Waals surface area contributed by atoms with Crippen molar-refractivity contribution >= 4 is 23.9 Å². The van der Waals surface area contributed by atoms with E-state index in [0.29, 0.717) is 17.1 Å². The molecule has 4 amide bonds. The van der Waals surface area contributed by atoms with Crippen molar-refractivity contribution in [1.29, 1.82) is 0 Å². The molecule has 34 heavy (non-hydrogen) atoms. The third kappa shape index (κ3) is 5.12. The van der Waals surface area contributed by atoms with Gasteiger partial charge in [-0.15, -0.1) is 0 Å². The zero-order valence-electron chi connectivity index (χ0n) is 18.3. The summed E-state index contributed by atoms with van der Waals surface area (Å²) in [6.45, 7) is 0.240. The molecule has 1 heterocycles. The molecule has 0 saturated carbocycles. The number of hydrogen-bond acceptors (Lipinski definition) is 5. The van der Waals surface area contributed by atoms with Gasteiger partial charge in [-0.2, -0.15) is 0 Å². The summed E-state index contributed by atoms with van der Waals surface area (Å²) in [7, 11) is 1.47. The highest BCUT2D eigenvalue weighted by Crippen LogP contribution is 2.30. The molecule has 0 aliphatic carbocycles. The van der Waals surface area contributed by atoms with E-state index in [0.717, 1.165) is 16.0 Å². The number of urea groups is 1. The second-order valence-electron chi connectivity index (χ2n) is 7.52. The lowest BCUT2D eigenvalue weighted by Gasteiger charge is -2.26. The quantitative estimate of drug-likeness (QED) is 0.424. The second-order valence-corrected chi connectivity index (χ2v) is 7.52. The molecular weight excluding hydrogens is 439 g/mol. The Bertz CT molecular complexity index is 1260. The topological polar surface area (TPSA) is 84.9 Å². The number of amides is 4. The van der Waals surface area contributed by atoms with Crippen molar-refractivity contribution in [2.75, 3.05) is 7.11 Å². The average molecular weight is 460 g/mol. The molecule has 0 unspecified atom stereocenters. The van der Waals surface area contributed by atoms with E-state index < -0.39 is 17.8 Å². The van der Waals surface area contributed by atoms with E-state index in [1.54, 1.807) is 54.6 Å². The van der Waals surface area contributed by atoms with Crippen molar-refractivity contribution in [3.8, 4) is 11.5 Å². The van der Waals surface area contributed by atoms with Gasteiger partial charge in [0.15, 0.2) is 11.5 Å². The molecule has 1 N–H and O–H groups in total. The van der Waals surface area contributed by atoms with Gasteiger partial charge in [-0.25, -0.2) is 9.18 Å². The van der Waals surface area contributed by atoms with Gasteiger partial charge < -0.3 is 9.47 Å². The zero-order chi connectivity index (χ0) is 24.1. The minimum absolute atomic E-state index is 0.0373. The van der Waals surface area contributed by atoms with Gasteiger partial charge in [-0.05, 0) is 47.0 Å². The van der Waals surface area contributed by atoms with Gasteiger partial charge >= 0.3 is 6.03 Å². The molecule has 7 nitrogen and oxygen atoms in total. The van der Waals surface area contributed by atoms with Crippen LogP contribution >= 0.6 is 0 Å². The number of barbiturate groups is 1. The largest absolute Gasteiger partial charge is 0.493 e. The maximum atomic E-state index is 13.1. The average Bonchev–Trinajstić information content (AvgIpc) is 2.85. The number of nitrogens with zero attached hydrogens (tertiary/aromatic N) is 1. The Morgan fingerprint density at radius 3 is 2.35 bits per heavy atom. The van der Waals surface area contributed by atoms with Crippen LogP contribution in [0.5, 0.6) is 11.5 Å². The number of rotatable bonds is 7. The fourth-order valence-electron chi connectivity index (χ4n) is 3.41. The van der Waals surface area contributed by atoms with E-state index >= 15 is 0 Å². The molecular formula is C26H21FN2O5. The molecule has 1 saturated heterocycles. The molecule has 0 aromatic heterocycles. The van der Waals surface area contributed by atoms with Crippen LogP contribution in [0.4, 0.5) is 9.18 Å². The molecule has 1 fully saturated rings. The molecule has 0 radical (unpaired) electrons. The summed E-state index contributed by atoms with van der Waals surface area (Å²) in [6, 6.07) is 19.1. The van der Waals surface area contributed by atoms with E-state index in [-0.39, 0.29) is 24.5 Å². The number of carbonyl (C=O) groups excluding carboxylic acids is 3. The summed E-state index contributed by atoms with van der Waals surface area (Å²) in [5.74, 6) is -0.959. The summed E-state index contributed by atoms with van der Waals surface area (Å²) >= 11 is 0. The highest BCUT2D eigenvalue weighted by Gasteiger charge is 2.35. The van der Waals surface area contributed by atoms with Crippen LogP contribution in [0.1, 0.15) is 16.7 Å². The van der Waals surface area contributed by atoms with E-state index in [1.165, 1.54) is 25.3 Å². The Balaban J connectivity index is 1.54. The van der Waals surface area contributed by atoms with Crippen molar-refractivity contribution < 1.29 is 28.2 Å². The molecule has 0 bridgehead atoms. The fraction of sp³-hybridized carbons (Fsp3) is 0.115. The molecule has 1 aliphatic rings. The Morgan fingerprint density at radius 1 is 0.912 bits per heavy atom. The van der Waals surface area contributed by atoms with Gasteiger partial charge in [0.1, 0.15) is 18.0 Å². The molecule has 4 rings (SSSR count).